The number of unbranched alkanes of at least 4 members (excludes halogenated alkanes) is 11. The Morgan fingerprint density at radius 3 is 1.97 bits per heavy atom. The summed E-state index contributed by atoms with van der Waals surface area (Å²) in [4.78, 5) is 35.3. The van der Waals surface area contributed by atoms with Crippen LogP contribution in [0.1, 0.15) is 117 Å². The first-order valence-electron chi connectivity index (χ1n) is 12.8. The predicted octanol–water partition coefficient (Wildman–Crippen LogP) is 6.69. The zero-order valence-corrected chi connectivity index (χ0v) is 21.0. The van der Waals surface area contributed by atoms with Gasteiger partial charge in [-0.1, -0.05) is 97.3 Å². The van der Waals surface area contributed by atoms with Crippen LogP contribution in [0, 0.1) is 11.8 Å². The third-order valence-electron chi connectivity index (χ3n) is 6.52. The van der Waals surface area contributed by atoms with Gasteiger partial charge in [-0.2, -0.15) is 0 Å². The molecule has 7 heteroatoms. The number of rotatable bonds is 20. The lowest BCUT2D eigenvalue weighted by atomic mass is 9.82. The minimum atomic E-state index is -1.01. The number of hydrogen-bond donors (Lipinski definition) is 2. The van der Waals surface area contributed by atoms with Crippen molar-refractivity contribution < 1.29 is 24.2 Å². The van der Waals surface area contributed by atoms with E-state index in [4.69, 9.17) is 10.5 Å². The van der Waals surface area contributed by atoms with Crippen molar-refractivity contribution in [2.45, 2.75) is 128 Å². The molecule has 0 aliphatic carbocycles. The molecule has 4 atom stereocenters. The van der Waals surface area contributed by atoms with E-state index in [1.54, 1.807) is 0 Å². The highest BCUT2D eigenvalue weighted by Crippen LogP contribution is 2.37. The molecule has 1 amide bonds. The Morgan fingerprint density at radius 2 is 1.47 bits per heavy atom. The van der Waals surface area contributed by atoms with Gasteiger partial charge in [-0.05, 0) is 36.9 Å². The van der Waals surface area contributed by atoms with Gasteiger partial charge >= 0.3 is 11.9 Å². The van der Waals surface area contributed by atoms with E-state index in [0.29, 0.717) is 24.6 Å². The van der Waals surface area contributed by atoms with Gasteiger partial charge in [0.1, 0.15) is 11.4 Å². The minimum Gasteiger partial charge on any atom is -0.480 e. The van der Waals surface area contributed by atoms with Gasteiger partial charge in [-0.15, -0.1) is 0 Å². The smallest absolute Gasteiger partial charge is 0.317 e. The van der Waals surface area contributed by atoms with E-state index in [0.717, 1.165) is 51.4 Å². The second-order valence-corrected chi connectivity index (χ2v) is 10.4. The number of esters is 1. The van der Waals surface area contributed by atoms with Crippen molar-refractivity contribution in [1.82, 2.24) is 0 Å². The minimum absolute atomic E-state index is 0.134. The summed E-state index contributed by atoms with van der Waals surface area (Å²) in [5, 5.41) is 8.16. The number of carbonyl (C=O) groups is 3. The van der Waals surface area contributed by atoms with E-state index in [-0.39, 0.29) is 23.9 Å². The van der Waals surface area contributed by atoms with E-state index in [1.165, 1.54) is 38.5 Å². The van der Waals surface area contributed by atoms with Crippen molar-refractivity contribution in [3.8, 4) is 0 Å². The average Bonchev–Trinajstić information content (AvgIpc) is 2.74. The number of thioether (sulfide) groups is 1. The van der Waals surface area contributed by atoms with Crippen LogP contribution in [0.2, 0.25) is 0 Å². The van der Waals surface area contributed by atoms with E-state index in [1.807, 2.05) is 0 Å². The van der Waals surface area contributed by atoms with Gasteiger partial charge in [0.05, 0.1) is 5.92 Å². The van der Waals surface area contributed by atoms with Crippen LogP contribution in [0.15, 0.2) is 0 Å². The zero-order valence-electron chi connectivity index (χ0n) is 20.2. The standard InChI is InChI=1S/C25H45NO5S/c1-3-5-7-9-10-11-12-13-14-16-19(22(23(27)28)32-25(26)30)18-21-20(24(29)31-21)17-15-8-6-4-2/h19-22H,3-18H2,1-2H3,(H2,26,30)(H,27,28)/t19?,20-,21-,22-/m0/s1. The molecule has 0 radical (unpaired) electrons. The SMILES string of the molecule is CCCCCCCCCCCC(C[C@@H]1OC(=O)[C@H]1CCCCCC)[C@H](SC(N)=O)C(=O)O. The van der Waals surface area contributed by atoms with Crippen LogP contribution in [0.4, 0.5) is 4.79 Å². The molecule has 1 fully saturated rings. The maximum absolute atomic E-state index is 12.0. The van der Waals surface area contributed by atoms with E-state index >= 15 is 0 Å². The molecular weight excluding hydrogens is 426 g/mol. The number of carboxylic acid groups (broad SMARTS) is 1. The third-order valence-corrected chi connectivity index (χ3v) is 7.59. The van der Waals surface area contributed by atoms with Gasteiger partial charge in [0.25, 0.3) is 5.24 Å². The maximum Gasteiger partial charge on any atom is 0.317 e. The largest absolute Gasteiger partial charge is 0.480 e. The van der Waals surface area contributed by atoms with Crippen molar-refractivity contribution in [3.63, 3.8) is 0 Å². The first-order chi connectivity index (χ1) is 15.4. The van der Waals surface area contributed by atoms with Crippen LogP contribution in [0.3, 0.4) is 0 Å². The number of primary amides is 1. The molecule has 0 aromatic rings. The fourth-order valence-corrected chi connectivity index (χ4v) is 5.38. The van der Waals surface area contributed by atoms with E-state index in [2.05, 4.69) is 13.8 Å². The molecule has 1 saturated heterocycles. The van der Waals surface area contributed by atoms with Crippen LogP contribution in [-0.2, 0) is 14.3 Å². The predicted molar refractivity (Wildman–Crippen MR) is 131 cm³/mol. The highest BCUT2D eigenvalue weighted by Gasteiger charge is 2.44. The third kappa shape index (κ3) is 11.6. The lowest BCUT2D eigenvalue weighted by Gasteiger charge is -2.38. The second-order valence-electron chi connectivity index (χ2n) is 9.24. The van der Waals surface area contributed by atoms with Crippen molar-refractivity contribution in [2.24, 2.45) is 17.6 Å². The Bertz CT molecular complexity index is 556. The van der Waals surface area contributed by atoms with Crippen LogP contribution in [0.25, 0.3) is 0 Å². The maximum atomic E-state index is 12.0. The molecule has 1 rings (SSSR count). The fourth-order valence-electron chi connectivity index (χ4n) is 4.59. The molecule has 186 valence electrons. The molecule has 1 heterocycles. The lowest BCUT2D eigenvalue weighted by molar-refractivity contribution is -0.187. The lowest BCUT2D eigenvalue weighted by Crippen LogP contribution is -2.47. The van der Waals surface area contributed by atoms with Crippen molar-refractivity contribution >= 4 is 28.9 Å². The van der Waals surface area contributed by atoms with Crippen LogP contribution in [0.5, 0.6) is 0 Å². The summed E-state index contributed by atoms with van der Waals surface area (Å²) < 4.78 is 5.41. The molecule has 0 aromatic heterocycles. The molecule has 6 nitrogen and oxygen atoms in total. The normalized spacial score (nSPS) is 19.8. The molecule has 0 bridgehead atoms. The number of ether oxygens (including phenoxy) is 1. The fraction of sp³-hybridized carbons (Fsp3) is 0.880. The summed E-state index contributed by atoms with van der Waals surface area (Å²) in [6.45, 7) is 4.37. The number of nitrogens with two attached hydrogens (primary N) is 1. The molecule has 1 aliphatic heterocycles. The first kappa shape index (κ1) is 28.8. The molecule has 32 heavy (non-hydrogen) atoms. The van der Waals surface area contributed by atoms with Gasteiger partial charge in [-0.3, -0.25) is 14.4 Å². The molecule has 3 N–H and O–H groups in total. The Morgan fingerprint density at radius 1 is 0.938 bits per heavy atom. The zero-order chi connectivity index (χ0) is 23.8. The van der Waals surface area contributed by atoms with Gasteiger partial charge in [0.15, 0.2) is 0 Å². The Labute approximate surface area is 198 Å². The molecular formula is C25H45NO5S. The topological polar surface area (TPSA) is 107 Å². The number of carbonyl (C=O) groups excluding carboxylic acids is 2. The number of aliphatic carboxylic acids is 1. The van der Waals surface area contributed by atoms with Crippen LogP contribution >= 0.6 is 11.8 Å². The highest BCUT2D eigenvalue weighted by atomic mass is 32.2. The molecule has 0 aromatic carbocycles. The monoisotopic (exact) mass is 471 g/mol. The molecule has 1 unspecified atom stereocenters. The van der Waals surface area contributed by atoms with Gasteiger partial charge in [-0.25, -0.2) is 0 Å². The van der Waals surface area contributed by atoms with Gasteiger partial charge in [0.2, 0.25) is 0 Å². The highest BCUT2D eigenvalue weighted by molar-refractivity contribution is 8.14. The number of carboxylic acids is 1. The number of hydrogen-bond acceptors (Lipinski definition) is 5. The number of amides is 1. The summed E-state index contributed by atoms with van der Waals surface area (Å²) in [6, 6.07) is 0. The summed E-state index contributed by atoms with van der Waals surface area (Å²) >= 11 is 0.697. The molecule has 0 spiro atoms. The van der Waals surface area contributed by atoms with Crippen LogP contribution in [-0.4, -0.2) is 33.6 Å². The van der Waals surface area contributed by atoms with Gasteiger partial charge < -0.3 is 15.6 Å². The average molecular weight is 472 g/mol. The summed E-state index contributed by atoms with van der Waals surface area (Å²) in [5.74, 6) is -1.54. The second kappa shape index (κ2) is 17.3. The summed E-state index contributed by atoms with van der Waals surface area (Å²) in [6.07, 6.45) is 16.9. The van der Waals surface area contributed by atoms with Gasteiger partial charge in [0, 0.05) is 0 Å². The molecule has 0 saturated carbocycles. The Kier molecular flexibility index (Phi) is 15.5. The van der Waals surface area contributed by atoms with E-state index in [9.17, 15) is 19.5 Å². The number of cyclic esters (lactones) is 1. The van der Waals surface area contributed by atoms with Crippen LogP contribution < -0.4 is 5.73 Å². The Balaban J connectivity index is 2.54. The first-order valence-corrected chi connectivity index (χ1v) is 13.7. The Hall–Kier alpha value is -1.24. The van der Waals surface area contributed by atoms with Crippen molar-refractivity contribution in [2.75, 3.05) is 0 Å². The summed E-state index contributed by atoms with van der Waals surface area (Å²) in [7, 11) is 0. The quantitative estimate of drug-likeness (QED) is 0.151. The van der Waals surface area contributed by atoms with E-state index < -0.39 is 16.5 Å². The van der Waals surface area contributed by atoms with Crippen molar-refractivity contribution in [1.29, 1.82) is 0 Å². The van der Waals surface area contributed by atoms with Crippen molar-refractivity contribution in [3.05, 3.63) is 0 Å². The summed E-state index contributed by atoms with van der Waals surface area (Å²) in [5.41, 5.74) is 5.31. The molecule has 1 aliphatic rings.